The molecule has 1 aromatic heterocycles. The number of benzene rings is 1. The van der Waals surface area contributed by atoms with Crippen molar-refractivity contribution in [1.82, 2.24) is 9.97 Å². The molecule has 0 radical (unpaired) electrons. The van der Waals surface area contributed by atoms with Crippen molar-refractivity contribution in [3.05, 3.63) is 35.7 Å². The zero-order chi connectivity index (χ0) is 19.6. The molecule has 142 valence electrons. The molecule has 0 bridgehead atoms. The molecule has 0 atom stereocenters. The minimum atomic E-state index is 0.134. The Morgan fingerprint density at radius 2 is 2.00 bits per heavy atom. The number of nitrogens with two attached hydrogens (primary N) is 1. The molecule has 0 aliphatic carbocycles. The van der Waals surface area contributed by atoms with Gasteiger partial charge in [0.05, 0.1) is 5.71 Å². The highest BCUT2D eigenvalue weighted by atomic mass is 15.2. The fourth-order valence-electron chi connectivity index (χ4n) is 3.09. The smallest absolute Gasteiger partial charge is 0.159 e. The Balaban J connectivity index is 1.88. The summed E-state index contributed by atoms with van der Waals surface area (Å²) in [4.78, 5) is 10.8. The first-order valence-corrected chi connectivity index (χ1v) is 9.02. The molecule has 3 rings (SSSR count). The Bertz CT molecular complexity index is 894. The van der Waals surface area contributed by atoms with E-state index in [9.17, 15) is 0 Å². The summed E-state index contributed by atoms with van der Waals surface area (Å²) < 4.78 is 0. The molecular formula is C20H27N7. The van der Waals surface area contributed by atoms with Crippen molar-refractivity contribution < 1.29 is 0 Å². The van der Waals surface area contributed by atoms with Gasteiger partial charge >= 0.3 is 0 Å². The summed E-state index contributed by atoms with van der Waals surface area (Å²) in [6, 6.07) is 6.17. The average Bonchev–Trinajstić information content (AvgIpc) is 3.11. The summed E-state index contributed by atoms with van der Waals surface area (Å²) in [6.07, 6.45) is 4.10. The normalized spacial score (nSPS) is 13.6. The van der Waals surface area contributed by atoms with Crippen LogP contribution in [0.15, 0.2) is 34.7 Å². The highest BCUT2D eigenvalue weighted by Crippen LogP contribution is 2.31. The van der Waals surface area contributed by atoms with Crippen LogP contribution in [0.25, 0.3) is 0 Å². The number of aromatic nitrogens is 2. The van der Waals surface area contributed by atoms with Crippen molar-refractivity contribution in [3.8, 4) is 0 Å². The first-order chi connectivity index (χ1) is 12.7. The summed E-state index contributed by atoms with van der Waals surface area (Å²) >= 11 is 0. The monoisotopic (exact) mass is 365 g/mol. The first kappa shape index (κ1) is 18.8. The van der Waals surface area contributed by atoms with Crippen LogP contribution in [0.2, 0.25) is 0 Å². The zero-order valence-corrected chi connectivity index (χ0v) is 16.6. The van der Waals surface area contributed by atoms with E-state index in [0.717, 1.165) is 41.3 Å². The summed E-state index contributed by atoms with van der Waals surface area (Å²) in [7, 11) is 2.00. The van der Waals surface area contributed by atoms with Crippen molar-refractivity contribution in [1.29, 1.82) is 0 Å². The number of nitrogens with one attached hydrogen (secondary N) is 1. The zero-order valence-electron chi connectivity index (χ0n) is 16.6. The molecule has 0 unspecified atom stereocenters. The van der Waals surface area contributed by atoms with Gasteiger partial charge in [-0.25, -0.2) is 9.97 Å². The van der Waals surface area contributed by atoms with Gasteiger partial charge in [-0.2, -0.15) is 10.2 Å². The molecule has 7 nitrogen and oxygen atoms in total. The fourth-order valence-corrected chi connectivity index (χ4v) is 3.09. The topological polar surface area (TPSA) is 91.8 Å². The van der Waals surface area contributed by atoms with E-state index in [-0.39, 0.29) is 5.41 Å². The third-order valence-corrected chi connectivity index (χ3v) is 4.30. The highest BCUT2D eigenvalue weighted by Gasteiger charge is 2.19. The van der Waals surface area contributed by atoms with E-state index in [4.69, 9.17) is 5.73 Å². The van der Waals surface area contributed by atoms with Crippen molar-refractivity contribution in [3.63, 3.8) is 0 Å². The van der Waals surface area contributed by atoms with Crippen LogP contribution in [0.4, 0.5) is 23.0 Å². The lowest BCUT2D eigenvalue weighted by molar-refractivity contribution is 0.418. The quantitative estimate of drug-likeness (QED) is 0.841. The lowest BCUT2D eigenvalue weighted by atomic mass is 9.96. The minimum absolute atomic E-state index is 0.134. The SMILES string of the molecule is Cc1ccc(C2=NN=CC2)cc1Nc1ncnc(N(C)CC(C)(C)C)c1N. The van der Waals surface area contributed by atoms with Gasteiger partial charge in [-0.1, -0.05) is 32.9 Å². The molecule has 2 aromatic rings. The molecule has 0 fully saturated rings. The van der Waals surface area contributed by atoms with Crippen molar-refractivity contribution in [2.24, 2.45) is 15.6 Å². The molecule has 0 amide bonds. The van der Waals surface area contributed by atoms with Gasteiger partial charge in [0.1, 0.15) is 12.0 Å². The molecule has 3 N–H and O–H groups in total. The Labute approximate surface area is 160 Å². The van der Waals surface area contributed by atoms with Gasteiger partial charge in [0.2, 0.25) is 0 Å². The third kappa shape index (κ3) is 4.42. The van der Waals surface area contributed by atoms with Crippen LogP contribution in [-0.2, 0) is 0 Å². The molecule has 1 aliphatic heterocycles. The second-order valence-corrected chi connectivity index (χ2v) is 8.08. The number of nitrogens with zero attached hydrogens (tertiary/aromatic N) is 5. The van der Waals surface area contributed by atoms with Crippen molar-refractivity contribution in [2.75, 3.05) is 29.5 Å². The summed E-state index contributed by atoms with van der Waals surface area (Å²) in [5.74, 6) is 1.33. The Morgan fingerprint density at radius 3 is 2.67 bits per heavy atom. The summed E-state index contributed by atoms with van der Waals surface area (Å²) in [5, 5.41) is 11.5. The molecule has 1 aliphatic rings. The maximum absolute atomic E-state index is 6.39. The largest absolute Gasteiger partial charge is 0.393 e. The summed E-state index contributed by atoms with van der Waals surface area (Å²) in [5.41, 5.74) is 11.1. The van der Waals surface area contributed by atoms with Crippen LogP contribution in [0.3, 0.4) is 0 Å². The molecule has 0 saturated carbocycles. The maximum atomic E-state index is 6.39. The van der Waals surface area contributed by atoms with E-state index in [1.807, 2.05) is 20.2 Å². The standard InChI is InChI=1S/C20H27N7/c1-13-6-7-14(15-8-9-24-26-15)10-16(13)25-18-17(21)19(23-12-22-18)27(5)11-20(2,3)4/h6-7,9-10,12H,8,11,21H2,1-5H3,(H,22,23,25). The van der Waals surface area contributed by atoms with Gasteiger partial charge < -0.3 is 16.0 Å². The van der Waals surface area contributed by atoms with Gasteiger partial charge in [-0.05, 0) is 24.0 Å². The van der Waals surface area contributed by atoms with Crippen LogP contribution < -0.4 is 16.0 Å². The highest BCUT2D eigenvalue weighted by molar-refractivity contribution is 6.09. The number of hydrogen-bond donors (Lipinski definition) is 2. The van der Waals surface area contributed by atoms with E-state index in [2.05, 4.69) is 69.4 Å². The van der Waals surface area contributed by atoms with E-state index in [1.54, 1.807) is 6.33 Å². The molecule has 7 heteroatoms. The average molecular weight is 365 g/mol. The molecule has 2 heterocycles. The van der Waals surface area contributed by atoms with Gasteiger partial charge in [0.15, 0.2) is 11.6 Å². The predicted molar refractivity (Wildman–Crippen MR) is 113 cm³/mol. The maximum Gasteiger partial charge on any atom is 0.159 e. The number of hydrogen-bond acceptors (Lipinski definition) is 7. The van der Waals surface area contributed by atoms with Crippen LogP contribution in [0.1, 0.15) is 38.3 Å². The van der Waals surface area contributed by atoms with E-state index >= 15 is 0 Å². The lowest BCUT2D eigenvalue weighted by Crippen LogP contribution is -2.30. The second kappa shape index (κ2) is 7.34. The molecular weight excluding hydrogens is 338 g/mol. The van der Waals surface area contributed by atoms with Gasteiger partial charge in [0.25, 0.3) is 0 Å². The Hall–Kier alpha value is -2.96. The van der Waals surface area contributed by atoms with Crippen LogP contribution in [0, 0.1) is 12.3 Å². The fraction of sp³-hybridized carbons (Fsp3) is 0.400. The van der Waals surface area contributed by atoms with E-state index in [0.29, 0.717) is 11.5 Å². The number of nitrogen functional groups attached to an aromatic ring is 1. The van der Waals surface area contributed by atoms with Gasteiger partial charge in [-0.15, -0.1) is 0 Å². The summed E-state index contributed by atoms with van der Waals surface area (Å²) in [6.45, 7) is 9.43. The molecule has 1 aromatic carbocycles. The Kier molecular flexibility index (Phi) is 5.12. The Morgan fingerprint density at radius 1 is 1.22 bits per heavy atom. The number of rotatable bonds is 5. The molecule has 0 saturated heterocycles. The minimum Gasteiger partial charge on any atom is -0.393 e. The van der Waals surface area contributed by atoms with Crippen LogP contribution >= 0.6 is 0 Å². The van der Waals surface area contributed by atoms with Crippen molar-refractivity contribution >= 4 is 34.9 Å². The van der Waals surface area contributed by atoms with Gasteiger partial charge in [-0.3, -0.25) is 0 Å². The number of aryl methyl sites for hydroxylation is 1. The first-order valence-electron chi connectivity index (χ1n) is 9.02. The van der Waals surface area contributed by atoms with Crippen LogP contribution in [-0.4, -0.2) is 35.5 Å². The molecule has 0 spiro atoms. The van der Waals surface area contributed by atoms with E-state index in [1.165, 1.54) is 0 Å². The molecule has 27 heavy (non-hydrogen) atoms. The predicted octanol–water partition coefficient (Wildman–Crippen LogP) is 3.77. The third-order valence-electron chi connectivity index (χ3n) is 4.30. The van der Waals surface area contributed by atoms with Crippen molar-refractivity contribution in [2.45, 2.75) is 34.1 Å². The van der Waals surface area contributed by atoms with Crippen LogP contribution in [0.5, 0.6) is 0 Å². The number of anilines is 4. The second-order valence-electron chi connectivity index (χ2n) is 8.08. The lowest BCUT2D eigenvalue weighted by Gasteiger charge is -2.28. The van der Waals surface area contributed by atoms with E-state index < -0.39 is 0 Å². The van der Waals surface area contributed by atoms with Gasteiger partial charge in [0, 0.05) is 37.5 Å².